The average molecular weight is 439 g/mol. The molecule has 0 spiro atoms. The number of oxazole rings is 1. The molecule has 0 saturated heterocycles. The molecule has 0 atom stereocenters. The largest absolute Gasteiger partial charge is 0.441 e. The van der Waals surface area contributed by atoms with Crippen LogP contribution in [0, 0.1) is 6.92 Å². The summed E-state index contributed by atoms with van der Waals surface area (Å²) in [5.74, 6) is 3.03. The quantitative estimate of drug-likeness (QED) is 0.287. The van der Waals surface area contributed by atoms with Crippen LogP contribution in [0.1, 0.15) is 22.8 Å². The predicted molar refractivity (Wildman–Crippen MR) is 127 cm³/mol. The number of aryl methyl sites for hydroxylation is 1. The van der Waals surface area contributed by atoms with Crippen LogP contribution in [0.2, 0.25) is 0 Å². The zero-order valence-corrected chi connectivity index (χ0v) is 18.5. The molecule has 0 unspecified atom stereocenters. The third kappa shape index (κ3) is 4.36. The second-order valence-corrected chi connectivity index (χ2v) is 8.35. The number of nitrogens with zero attached hydrogens (tertiary/aromatic N) is 4. The van der Waals surface area contributed by atoms with E-state index in [9.17, 15) is 0 Å². The lowest BCUT2D eigenvalue weighted by molar-refractivity contribution is 0.540. The molecule has 5 nitrogen and oxygen atoms in total. The Balaban J connectivity index is 1.42. The van der Waals surface area contributed by atoms with Crippen molar-refractivity contribution in [1.29, 1.82) is 0 Å². The second-order valence-electron chi connectivity index (χ2n) is 7.41. The van der Waals surface area contributed by atoms with Crippen LogP contribution in [0.3, 0.4) is 0 Å². The molecule has 0 saturated carbocycles. The van der Waals surface area contributed by atoms with Crippen molar-refractivity contribution >= 4 is 11.8 Å². The Morgan fingerprint density at radius 1 is 0.812 bits per heavy atom. The Labute approximate surface area is 191 Å². The van der Waals surface area contributed by atoms with Gasteiger partial charge in [-0.05, 0) is 36.8 Å². The van der Waals surface area contributed by atoms with Gasteiger partial charge in [-0.2, -0.15) is 0 Å². The maximum absolute atomic E-state index is 5.92. The van der Waals surface area contributed by atoms with E-state index in [1.807, 2.05) is 73.7 Å². The van der Waals surface area contributed by atoms with Crippen molar-refractivity contribution in [3.05, 3.63) is 114 Å². The fourth-order valence-electron chi connectivity index (χ4n) is 3.52. The molecular weight excluding hydrogens is 416 g/mol. The van der Waals surface area contributed by atoms with E-state index >= 15 is 0 Å². The summed E-state index contributed by atoms with van der Waals surface area (Å²) in [6.07, 6.45) is 0.713. The van der Waals surface area contributed by atoms with E-state index in [1.165, 1.54) is 5.56 Å². The van der Waals surface area contributed by atoms with Gasteiger partial charge in [-0.1, -0.05) is 78.5 Å². The highest BCUT2D eigenvalue weighted by Gasteiger charge is 2.17. The van der Waals surface area contributed by atoms with Gasteiger partial charge < -0.3 is 4.42 Å². The minimum atomic E-state index is 0.646. The summed E-state index contributed by atoms with van der Waals surface area (Å²) in [6.45, 7) is 1.96. The fourth-order valence-corrected chi connectivity index (χ4v) is 4.49. The van der Waals surface area contributed by atoms with Gasteiger partial charge in [-0.3, -0.25) is 4.57 Å². The van der Waals surface area contributed by atoms with Gasteiger partial charge in [0.25, 0.3) is 0 Å². The molecule has 158 valence electrons. The Kier molecular flexibility index (Phi) is 5.85. The lowest BCUT2D eigenvalue weighted by Crippen LogP contribution is -2.03. The van der Waals surface area contributed by atoms with Crippen LogP contribution in [0.25, 0.3) is 17.1 Å². The first-order valence-corrected chi connectivity index (χ1v) is 11.4. The monoisotopic (exact) mass is 438 g/mol. The summed E-state index contributed by atoms with van der Waals surface area (Å²) in [4.78, 5) is 4.73. The van der Waals surface area contributed by atoms with Gasteiger partial charge in [0.15, 0.2) is 5.16 Å². The van der Waals surface area contributed by atoms with Crippen molar-refractivity contribution in [2.24, 2.45) is 0 Å². The number of thioether (sulfide) groups is 1. The highest BCUT2D eigenvalue weighted by atomic mass is 32.2. The van der Waals surface area contributed by atoms with Gasteiger partial charge in [0.2, 0.25) is 5.89 Å². The summed E-state index contributed by atoms with van der Waals surface area (Å²) in [5, 5.41) is 9.88. The summed E-state index contributed by atoms with van der Waals surface area (Å²) in [5.41, 5.74) is 4.15. The van der Waals surface area contributed by atoms with Gasteiger partial charge in [-0.25, -0.2) is 4.98 Å². The number of hydrogen-bond acceptors (Lipinski definition) is 5. The van der Waals surface area contributed by atoms with Crippen molar-refractivity contribution in [1.82, 2.24) is 19.7 Å². The molecule has 32 heavy (non-hydrogen) atoms. The predicted octanol–water partition coefficient (Wildman–Crippen LogP) is 6.11. The van der Waals surface area contributed by atoms with Crippen LogP contribution in [0.15, 0.2) is 101 Å². The molecule has 0 amide bonds. The minimum Gasteiger partial charge on any atom is -0.441 e. The molecule has 2 heterocycles. The van der Waals surface area contributed by atoms with E-state index in [4.69, 9.17) is 9.40 Å². The van der Waals surface area contributed by atoms with Crippen molar-refractivity contribution in [2.75, 3.05) is 0 Å². The van der Waals surface area contributed by atoms with Crippen LogP contribution >= 0.6 is 11.8 Å². The summed E-state index contributed by atoms with van der Waals surface area (Å²) < 4.78 is 8.05. The average Bonchev–Trinajstić information content (AvgIpc) is 3.42. The lowest BCUT2D eigenvalue weighted by Gasteiger charge is -2.10. The molecule has 5 aromatic rings. The van der Waals surface area contributed by atoms with E-state index < -0.39 is 0 Å². The van der Waals surface area contributed by atoms with Crippen molar-refractivity contribution < 1.29 is 4.42 Å². The number of hydrogen-bond donors (Lipinski definition) is 0. The van der Waals surface area contributed by atoms with E-state index in [1.54, 1.807) is 11.8 Å². The van der Waals surface area contributed by atoms with Gasteiger partial charge >= 0.3 is 0 Å². The third-order valence-corrected chi connectivity index (χ3v) is 6.11. The fraction of sp³-hybridized carbons (Fsp3) is 0.115. The molecule has 5 rings (SSSR count). The topological polar surface area (TPSA) is 56.7 Å². The maximum atomic E-state index is 5.92. The van der Waals surface area contributed by atoms with E-state index in [0.717, 1.165) is 33.7 Å². The Morgan fingerprint density at radius 3 is 2.19 bits per heavy atom. The van der Waals surface area contributed by atoms with Crippen LogP contribution in [0.4, 0.5) is 0 Å². The highest BCUT2D eigenvalue weighted by molar-refractivity contribution is 7.98. The molecule has 0 N–H and O–H groups in total. The van der Waals surface area contributed by atoms with Crippen molar-refractivity contribution in [3.63, 3.8) is 0 Å². The normalized spacial score (nSPS) is 11.0. The van der Waals surface area contributed by atoms with Crippen LogP contribution in [-0.4, -0.2) is 19.7 Å². The summed E-state index contributed by atoms with van der Waals surface area (Å²) in [6, 6.07) is 30.5. The Hall–Kier alpha value is -3.64. The lowest BCUT2D eigenvalue weighted by atomic mass is 10.1. The van der Waals surface area contributed by atoms with Crippen molar-refractivity contribution in [2.45, 2.75) is 24.3 Å². The highest BCUT2D eigenvalue weighted by Crippen LogP contribution is 2.29. The van der Waals surface area contributed by atoms with Gasteiger partial charge in [0, 0.05) is 23.4 Å². The second kappa shape index (κ2) is 9.24. The third-order valence-electron chi connectivity index (χ3n) is 5.17. The number of aromatic nitrogens is 4. The first-order valence-electron chi connectivity index (χ1n) is 10.5. The first kappa shape index (κ1) is 20.3. The molecule has 0 bridgehead atoms. The number of para-hydroxylation sites is 1. The van der Waals surface area contributed by atoms with E-state index in [0.29, 0.717) is 18.1 Å². The zero-order valence-electron chi connectivity index (χ0n) is 17.7. The molecule has 3 aromatic carbocycles. The molecule has 0 aliphatic rings. The minimum absolute atomic E-state index is 0.646. The smallest absolute Gasteiger partial charge is 0.226 e. The maximum Gasteiger partial charge on any atom is 0.226 e. The van der Waals surface area contributed by atoms with Gasteiger partial charge in [0.05, 0.1) is 5.69 Å². The summed E-state index contributed by atoms with van der Waals surface area (Å²) in [7, 11) is 0. The molecule has 6 heteroatoms. The standard InChI is InChI=1S/C26H22N4OS/c1-19-23(27-25(31-19)21-13-7-3-8-14-21)18-32-26-29-28-24(17-20-11-5-2-6-12-20)30(26)22-15-9-4-10-16-22/h2-16H,17-18H2,1H3. The van der Waals surface area contributed by atoms with Gasteiger partial charge in [0.1, 0.15) is 11.6 Å². The van der Waals surface area contributed by atoms with E-state index in [2.05, 4.69) is 39.0 Å². The SMILES string of the molecule is Cc1oc(-c2ccccc2)nc1CSc1nnc(Cc2ccccc2)n1-c1ccccc1. The van der Waals surface area contributed by atoms with Crippen LogP contribution < -0.4 is 0 Å². The molecule has 0 fully saturated rings. The summed E-state index contributed by atoms with van der Waals surface area (Å²) >= 11 is 1.62. The molecule has 0 radical (unpaired) electrons. The zero-order chi connectivity index (χ0) is 21.8. The number of benzene rings is 3. The van der Waals surface area contributed by atoms with E-state index in [-0.39, 0.29) is 0 Å². The molecule has 2 aromatic heterocycles. The molecule has 0 aliphatic carbocycles. The van der Waals surface area contributed by atoms with Crippen LogP contribution in [0.5, 0.6) is 0 Å². The Morgan fingerprint density at radius 2 is 1.47 bits per heavy atom. The molecular formula is C26H22N4OS. The van der Waals surface area contributed by atoms with Crippen molar-refractivity contribution in [3.8, 4) is 17.1 Å². The molecule has 0 aliphatic heterocycles. The van der Waals surface area contributed by atoms with Crippen LogP contribution in [-0.2, 0) is 12.2 Å². The number of rotatable bonds is 7. The Bertz CT molecular complexity index is 1300. The first-order chi connectivity index (χ1) is 15.8. The van der Waals surface area contributed by atoms with Gasteiger partial charge in [-0.15, -0.1) is 10.2 Å².